The van der Waals surface area contributed by atoms with E-state index in [-0.39, 0.29) is 41.0 Å². The molecule has 8 nitrogen and oxygen atoms in total. The number of nitrogens with zero attached hydrogens (tertiary/aromatic N) is 2. The van der Waals surface area contributed by atoms with Gasteiger partial charge >= 0.3 is 0 Å². The number of amides is 1. The third kappa shape index (κ3) is 5.24. The first-order chi connectivity index (χ1) is 19.3. The number of aliphatic imine (C=N–C) groups is 1. The lowest BCUT2D eigenvalue weighted by molar-refractivity contribution is -0.242. The highest BCUT2D eigenvalue weighted by Crippen LogP contribution is 2.58. The number of allylic oxidation sites excluding steroid dienone is 3. The van der Waals surface area contributed by atoms with Crippen LogP contribution in [0.5, 0.6) is 0 Å². The minimum atomic E-state index is -0.608. The number of carbonyl (C=O) groups excluding carboxylic acids is 1. The third-order valence-corrected chi connectivity index (χ3v) is 9.49. The van der Waals surface area contributed by atoms with Gasteiger partial charge in [-0.25, -0.2) is 4.99 Å². The van der Waals surface area contributed by atoms with Gasteiger partial charge in [0.2, 0.25) is 0 Å². The van der Waals surface area contributed by atoms with Crippen LogP contribution in [0.3, 0.4) is 0 Å². The van der Waals surface area contributed by atoms with E-state index in [1.165, 1.54) is 11.1 Å². The predicted molar refractivity (Wildman–Crippen MR) is 158 cm³/mol. The molecule has 1 aliphatic carbocycles. The van der Waals surface area contributed by atoms with Crippen LogP contribution in [0.4, 0.5) is 5.69 Å². The molecule has 41 heavy (non-hydrogen) atoms. The molecule has 218 valence electrons. The van der Waals surface area contributed by atoms with Crippen molar-refractivity contribution >= 4 is 23.0 Å². The van der Waals surface area contributed by atoms with E-state index in [0.717, 1.165) is 43.4 Å². The van der Waals surface area contributed by atoms with Crippen LogP contribution in [0.25, 0.3) is 5.57 Å². The zero-order chi connectivity index (χ0) is 29.2. The number of fused-ring (bicyclic) bond motifs is 5. The summed E-state index contributed by atoms with van der Waals surface area (Å²) in [6.07, 6.45) is 9.22. The fourth-order valence-corrected chi connectivity index (χ4v) is 7.40. The molecule has 1 unspecified atom stereocenters. The number of ether oxygens (including phenoxy) is 3. The molecule has 8 heteroatoms. The number of anilines is 1. The van der Waals surface area contributed by atoms with E-state index in [1.54, 1.807) is 6.08 Å². The van der Waals surface area contributed by atoms with Gasteiger partial charge in [-0.15, -0.1) is 0 Å². The van der Waals surface area contributed by atoms with E-state index in [2.05, 4.69) is 67.6 Å². The fourth-order valence-electron chi connectivity index (χ4n) is 7.40. The molecule has 5 aliphatic rings. The Kier molecular flexibility index (Phi) is 6.72. The summed E-state index contributed by atoms with van der Waals surface area (Å²) >= 11 is 0. The number of carbonyl (C=O) groups is 1. The normalized spacial score (nSPS) is 35.1. The average Bonchev–Trinajstić information content (AvgIpc) is 3.17. The zero-order valence-corrected chi connectivity index (χ0v) is 25.1. The van der Waals surface area contributed by atoms with Gasteiger partial charge in [0, 0.05) is 17.8 Å². The van der Waals surface area contributed by atoms with Crippen LogP contribution in [0.15, 0.2) is 41.0 Å². The summed E-state index contributed by atoms with van der Waals surface area (Å²) in [5.41, 5.74) is 3.96. The number of rotatable bonds is 4. The Morgan fingerprint density at radius 3 is 2.41 bits per heavy atom. The van der Waals surface area contributed by atoms with Crippen LogP contribution in [0.1, 0.15) is 97.1 Å². The zero-order valence-electron chi connectivity index (χ0n) is 25.1. The van der Waals surface area contributed by atoms with Gasteiger partial charge in [0.05, 0.1) is 11.2 Å². The topological polar surface area (TPSA) is 105 Å². The molecule has 3 fully saturated rings. The van der Waals surface area contributed by atoms with Crippen molar-refractivity contribution < 1.29 is 19.0 Å². The number of nitrogens with one attached hydrogen (secondary N) is 2. The number of amidine groups is 1. The molecular weight excluding hydrogens is 516 g/mol. The molecule has 4 heterocycles. The van der Waals surface area contributed by atoms with Crippen molar-refractivity contribution in [2.24, 2.45) is 10.4 Å². The molecule has 1 aromatic carbocycles. The second kappa shape index (κ2) is 9.79. The summed E-state index contributed by atoms with van der Waals surface area (Å²) in [4.78, 5) is 17.6. The maximum absolute atomic E-state index is 13.3. The first-order valence-electron chi connectivity index (χ1n) is 14.9. The Hall–Kier alpha value is -2.99. The van der Waals surface area contributed by atoms with Gasteiger partial charge in [0.15, 0.2) is 11.6 Å². The van der Waals surface area contributed by atoms with Gasteiger partial charge in [-0.3, -0.25) is 4.79 Å². The van der Waals surface area contributed by atoms with Gasteiger partial charge in [-0.05, 0) is 107 Å². The monoisotopic (exact) mass is 558 g/mol. The van der Waals surface area contributed by atoms with E-state index in [1.807, 2.05) is 19.9 Å². The third-order valence-electron chi connectivity index (χ3n) is 9.49. The maximum atomic E-state index is 13.3. The van der Waals surface area contributed by atoms with E-state index in [9.17, 15) is 10.1 Å². The summed E-state index contributed by atoms with van der Waals surface area (Å²) in [5, 5.41) is 15.5. The highest BCUT2D eigenvalue weighted by Gasteiger charge is 2.68. The summed E-state index contributed by atoms with van der Waals surface area (Å²) in [6, 6.07) is 8.50. The Labute approximate surface area is 243 Å². The average molecular weight is 559 g/mol. The fraction of sp³-hybridized carbons (Fsp3) is 0.606. The number of hydrogen-bond donors (Lipinski definition) is 2. The highest BCUT2D eigenvalue weighted by atomic mass is 16.8. The number of nitriles is 1. The number of benzene rings is 1. The molecule has 0 spiro atoms. The second-order valence-corrected chi connectivity index (χ2v) is 14.0. The summed E-state index contributed by atoms with van der Waals surface area (Å²) in [7, 11) is 0. The Morgan fingerprint density at radius 1 is 1.07 bits per heavy atom. The summed E-state index contributed by atoms with van der Waals surface area (Å²) in [6.45, 7) is 13.5. The maximum Gasteiger partial charge on any atom is 0.291 e. The molecular formula is C33H42N4O4. The van der Waals surface area contributed by atoms with Gasteiger partial charge in [-0.2, -0.15) is 5.26 Å². The largest absolute Gasteiger partial charge is 0.365 e. The molecule has 0 saturated carbocycles. The van der Waals surface area contributed by atoms with Crippen molar-refractivity contribution in [3.8, 4) is 6.07 Å². The second-order valence-electron chi connectivity index (χ2n) is 14.0. The van der Waals surface area contributed by atoms with Crippen molar-refractivity contribution in [2.45, 2.75) is 115 Å². The SMILES string of the molecule is CC1(C)CC=C(c2cc(C3C[C@@]4(C)O[C@@](C)(C3)[C@@H]3OC(C)(C)O[C@@H]34)ccc2NC(=O)C2=NC(C#N)=CCCN2)CC1. The van der Waals surface area contributed by atoms with Crippen molar-refractivity contribution in [1.82, 2.24) is 5.32 Å². The van der Waals surface area contributed by atoms with Crippen LogP contribution in [-0.4, -0.2) is 47.5 Å². The van der Waals surface area contributed by atoms with Crippen LogP contribution >= 0.6 is 0 Å². The first-order valence-corrected chi connectivity index (χ1v) is 14.9. The van der Waals surface area contributed by atoms with Crippen LogP contribution in [0.2, 0.25) is 0 Å². The van der Waals surface area contributed by atoms with Gasteiger partial charge < -0.3 is 24.8 Å². The van der Waals surface area contributed by atoms with E-state index >= 15 is 0 Å². The van der Waals surface area contributed by atoms with Crippen molar-refractivity contribution in [3.05, 3.63) is 47.2 Å². The molecule has 1 amide bonds. The molecule has 5 atom stereocenters. The van der Waals surface area contributed by atoms with Crippen molar-refractivity contribution in [2.75, 3.05) is 11.9 Å². The number of hydrogen-bond acceptors (Lipinski definition) is 7. The quantitative estimate of drug-likeness (QED) is 0.472. The Bertz CT molecular complexity index is 1370. The van der Waals surface area contributed by atoms with E-state index in [4.69, 9.17) is 14.2 Å². The van der Waals surface area contributed by atoms with Gasteiger partial charge in [0.25, 0.3) is 5.91 Å². The first kappa shape index (κ1) is 28.1. The molecule has 3 saturated heterocycles. The standard InChI is InChI=1S/C33H42N4O4/c1-30(2)13-11-20(12-14-30)24-16-21(9-10-25(24)37-29(38)28-35-15-7-8-23(19-34)36-28)22-17-32(5)26-27(33(6,18-22)41-32)40-31(3,4)39-26/h8-11,16,22,26-27H,7,12-15,17-18H2,1-6H3,(H,35,36)(H,37,38)/t22?,26-,27+,32+,33-. The predicted octanol–water partition coefficient (Wildman–Crippen LogP) is 5.96. The Morgan fingerprint density at radius 2 is 1.78 bits per heavy atom. The molecule has 0 radical (unpaired) electrons. The molecule has 2 bridgehead atoms. The highest BCUT2D eigenvalue weighted by molar-refractivity contribution is 6.42. The summed E-state index contributed by atoms with van der Waals surface area (Å²) < 4.78 is 19.4. The van der Waals surface area contributed by atoms with E-state index in [0.29, 0.717) is 13.0 Å². The minimum absolute atomic E-state index is 0.103. The van der Waals surface area contributed by atoms with Crippen molar-refractivity contribution in [3.63, 3.8) is 0 Å². The lowest BCUT2D eigenvalue weighted by Crippen LogP contribution is -2.46. The van der Waals surface area contributed by atoms with Gasteiger partial charge in [-0.1, -0.05) is 26.0 Å². The lowest BCUT2D eigenvalue weighted by Gasteiger charge is -2.43. The van der Waals surface area contributed by atoms with Crippen LogP contribution in [0, 0.1) is 16.7 Å². The molecule has 6 rings (SSSR count). The molecule has 4 aliphatic heterocycles. The molecule has 2 N–H and O–H groups in total. The smallest absolute Gasteiger partial charge is 0.291 e. The van der Waals surface area contributed by atoms with E-state index < -0.39 is 17.0 Å². The summed E-state index contributed by atoms with van der Waals surface area (Å²) in [5.74, 6) is -0.517. The van der Waals surface area contributed by atoms with Crippen LogP contribution in [-0.2, 0) is 19.0 Å². The van der Waals surface area contributed by atoms with Crippen molar-refractivity contribution in [1.29, 1.82) is 5.26 Å². The minimum Gasteiger partial charge on any atom is -0.365 e. The molecule has 0 aromatic heterocycles. The van der Waals surface area contributed by atoms with Crippen LogP contribution < -0.4 is 10.6 Å². The Balaban J connectivity index is 1.32. The molecule has 1 aromatic rings. The lowest BCUT2D eigenvalue weighted by atomic mass is 9.75. The van der Waals surface area contributed by atoms with Gasteiger partial charge in [0.1, 0.15) is 24.0 Å².